The molecule has 2 saturated heterocycles. The maximum atomic E-state index is 11.6. The van der Waals surface area contributed by atoms with Crippen LogP contribution >= 0.6 is 23.4 Å². The van der Waals surface area contributed by atoms with Crippen LogP contribution in [0.15, 0.2) is 47.4 Å². The normalized spacial score (nSPS) is 23.9. The lowest BCUT2D eigenvalue weighted by atomic mass is 9.94. The van der Waals surface area contributed by atoms with Gasteiger partial charge in [0.2, 0.25) is 0 Å². The molecule has 0 radical (unpaired) electrons. The van der Waals surface area contributed by atoms with Crippen LogP contribution in [0.5, 0.6) is 5.75 Å². The molecule has 3 nitrogen and oxygen atoms in total. The van der Waals surface area contributed by atoms with Crippen molar-refractivity contribution >= 4 is 31.7 Å². The Bertz CT molecular complexity index is 1040. The molecule has 1 N–H and O–H groups in total. The highest BCUT2D eigenvalue weighted by Gasteiger charge is 2.47. The Hall–Kier alpha value is -0.983. The highest BCUT2D eigenvalue weighted by Crippen LogP contribution is 2.46. The molecule has 2 heterocycles. The number of benzene rings is 2. The molecule has 2 bridgehead atoms. The predicted molar refractivity (Wildman–Crippen MR) is 166 cm³/mol. The lowest BCUT2D eigenvalue weighted by Crippen LogP contribution is -2.51. The summed E-state index contributed by atoms with van der Waals surface area (Å²) >= 11 is 8.08. The molecule has 6 heteroatoms. The molecule has 0 aromatic heterocycles. The minimum absolute atomic E-state index is 0.0932. The van der Waals surface area contributed by atoms with Gasteiger partial charge < -0.3 is 9.53 Å². The molecule has 4 rings (SSSR count). The van der Waals surface area contributed by atoms with E-state index in [1.54, 1.807) is 0 Å². The summed E-state index contributed by atoms with van der Waals surface area (Å²) in [6.07, 6.45) is 4.32. The van der Waals surface area contributed by atoms with Gasteiger partial charge in [-0.2, -0.15) is 0 Å². The maximum absolute atomic E-state index is 11.6. The second-order valence-electron chi connectivity index (χ2n) is 12.6. The van der Waals surface area contributed by atoms with Crippen LogP contribution in [0.4, 0.5) is 0 Å². The Morgan fingerprint density at radius 1 is 0.895 bits per heavy atom. The van der Waals surface area contributed by atoms with Crippen molar-refractivity contribution in [3.8, 4) is 5.75 Å². The molecule has 2 fully saturated rings. The first kappa shape index (κ1) is 30.0. The molecule has 2 aromatic rings. The standard InChI is InChI=1S/C32H48ClNO2SSi/c1-20(2)38(21(3)4,22(5)6)36-31-16-9-25(17-23(31)7)32(35)24(8)34-27-12-13-28(34)19-30(18-27)37-29-14-10-26(33)11-15-29/h9-11,14-17,20-22,24,27-28,30,32,35H,12-13,18-19H2,1-8H3/t24-,27?,28?,30?,32+/m1/s1. The third-order valence-corrected chi connectivity index (χ3v) is 16.8. The van der Waals surface area contributed by atoms with Gasteiger partial charge in [-0.05, 0) is 104 Å². The predicted octanol–water partition coefficient (Wildman–Crippen LogP) is 9.41. The second-order valence-corrected chi connectivity index (χ2v) is 19.8. The number of aliphatic hydroxyl groups excluding tert-OH is 1. The molecule has 0 aliphatic carbocycles. The maximum Gasteiger partial charge on any atom is 0.258 e. The number of piperidine rings is 1. The van der Waals surface area contributed by atoms with E-state index in [2.05, 4.69) is 90.6 Å². The third-order valence-electron chi connectivity index (χ3n) is 9.32. The molecular weight excluding hydrogens is 526 g/mol. The highest BCUT2D eigenvalue weighted by atomic mass is 35.5. The van der Waals surface area contributed by atoms with Crippen molar-refractivity contribution in [1.82, 2.24) is 4.90 Å². The van der Waals surface area contributed by atoms with Crippen molar-refractivity contribution < 1.29 is 9.53 Å². The number of rotatable bonds is 10. The molecule has 2 aromatic carbocycles. The second kappa shape index (κ2) is 12.3. The lowest BCUT2D eigenvalue weighted by Gasteiger charge is -2.44. The molecule has 38 heavy (non-hydrogen) atoms. The van der Waals surface area contributed by atoms with E-state index in [-0.39, 0.29) is 6.04 Å². The van der Waals surface area contributed by atoms with E-state index in [1.807, 2.05) is 23.9 Å². The Kier molecular flexibility index (Phi) is 9.68. The minimum Gasteiger partial charge on any atom is -0.543 e. The van der Waals surface area contributed by atoms with Crippen molar-refractivity contribution in [3.05, 3.63) is 58.6 Å². The van der Waals surface area contributed by atoms with Crippen LogP contribution in [0.1, 0.15) is 91.4 Å². The van der Waals surface area contributed by atoms with E-state index in [9.17, 15) is 5.11 Å². The van der Waals surface area contributed by atoms with Gasteiger partial charge in [0.15, 0.2) is 0 Å². The van der Waals surface area contributed by atoms with Crippen molar-refractivity contribution in [2.24, 2.45) is 0 Å². The van der Waals surface area contributed by atoms with E-state index in [4.69, 9.17) is 16.0 Å². The Morgan fingerprint density at radius 2 is 1.45 bits per heavy atom. The van der Waals surface area contributed by atoms with Gasteiger partial charge in [-0.3, -0.25) is 4.90 Å². The van der Waals surface area contributed by atoms with Gasteiger partial charge in [-0.1, -0.05) is 59.2 Å². The molecule has 210 valence electrons. The summed E-state index contributed by atoms with van der Waals surface area (Å²) in [6, 6.07) is 15.8. The summed E-state index contributed by atoms with van der Waals surface area (Å²) in [4.78, 5) is 3.94. The SMILES string of the molecule is Cc1cc([C@@H](O)[C@@H](C)N2C3CCC2CC(Sc2ccc(Cl)cc2)C3)ccc1O[Si](C(C)C)(C(C)C)C(C)C. The fraction of sp³-hybridized carbons (Fsp3) is 0.625. The first-order chi connectivity index (χ1) is 17.9. The topological polar surface area (TPSA) is 32.7 Å². The van der Waals surface area contributed by atoms with Gasteiger partial charge in [0, 0.05) is 33.3 Å². The highest BCUT2D eigenvalue weighted by molar-refractivity contribution is 8.00. The largest absolute Gasteiger partial charge is 0.543 e. The third kappa shape index (κ3) is 6.02. The molecule has 4 atom stereocenters. The van der Waals surface area contributed by atoms with E-state index >= 15 is 0 Å². The number of hydrogen-bond acceptors (Lipinski definition) is 4. The number of nitrogens with zero attached hydrogens (tertiary/aromatic N) is 1. The quantitative estimate of drug-likeness (QED) is 0.287. The smallest absolute Gasteiger partial charge is 0.258 e. The number of halogens is 1. The van der Waals surface area contributed by atoms with Crippen LogP contribution in [0.3, 0.4) is 0 Å². The minimum atomic E-state index is -2.02. The summed E-state index contributed by atoms with van der Waals surface area (Å²) in [5.41, 5.74) is 3.73. The zero-order valence-electron chi connectivity index (χ0n) is 24.6. The summed E-state index contributed by atoms with van der Waals surface area (Å²) in [6.45, 7) is 18.3. The van der Waals surface area contributed by atoms with Gasteiger partial charge in [-0.15, -0.1) is 11.8 Å². The van der Waals surface area contributed by atoms with Crippen LogP contribution < -0.4 is 4.43 Å². The fourth-order valence-electron chi connectivity index (χ4n) is 7.59. The zero-order chi connectivity index (χ0) is 27.8. The summed E-state index contributed by atoms with van der Waals surface area (Å²) in [5, 5.41) is 13.0. The van der Waals surface area contributed by atoms with Crippen LogP contribution in [-0.4, -0.2) is 41.7 Å². The van der Waals surface area contributed by atoms with E-state index in [1.165, 1.54) is 30.6 Å². The van der Waals surface area contributed by atoms with Crippen molar-refractivity contribution in [1.29, 1.82) is 0 Å². The Morgan fingerprint density at radius 3 is 1.95 bits per heavy atom. The van der Waals surface area contributed by atoms with Crippen molar-refractivity contribution in [2.75, 3.05) is 0 Å². The number of thioether (sulfide) groups is 1. The van der Waals surface area contributed by atoms with Crippen LogP contribution in [0, 0.1) is 6.92 Å². The average molecular weight is 574 g/mol. The fourth-order valence-corrected chi connectivity index (χ4v) is 14.3. The Labute approximate surface area is 241 Å². The van der Waals surface area contributed by atoms with Crippen molar-refractivity contribution in [2.45, 2.75) is 132 Å². The lowest BCUT2D eigenvalue weighted by molar-refractivity contribution is 0.0114. The molecular formula is C32H48ClNO2SSi. The van der Waals surface area contributed by atoms with Crippen LogP contribution in [0.25, 0.3) is 0 Å². The van der Waals surface area contributed by atoms with Crippen LogP contribution in [0.2, 0.25) is 21.6 Å². The van der Waals surface area contributed by atoms with E-state index < -0.39 is 14.4 Å². The number of fused-ring (bicyclic) bond motifs is 2. The monoisotopic (exact) mass is 573 g/mol. The first-order valence-corrected chi connectivity index (χ1v) is 18.0. The van der Waals surface area contributed by atoms with Gasteiger partial charge in [-0.25, -0.2) is 0 Å². The number of aliphatic hydroxyl groups is 1. The summed E-state index contributed by atoms with van der Waals surface area (Å²) < 4.78 is 6.98. The molecule has 0 amide bonds. The van der Waals surface area contributed by atoms with Gasteiger partial charge in [0.05, 0.1) is 6.10 Å². The van der Waals surface area contributed by atoms with Gasteiger partial charge >= 0.3 is 0 Å². The van der Waals surface area contributed by atoms with Crippen LogP contribution in [-0.2, 0) is 0 Å². The molecule has 0 saturated carbocycles. The first-order valence-electron chi connectivity index (χ1n) is 14.6. The average Bonchev–Trinajstić information content (AvgIpc) is 3.13. The Balaban J connectivity index is 1.45. The van der Waals surface area contributed by atoms with Gasteiger partial charge in [0.25, 0.3) is 8.32 Å². The van der Waals surface area contributed by atoms with E-state index in [0.29, 0.717) is 34.0 Å². The summed E-state index contributed by atoms with van der Waals surface area (Å²) in [5.74, 6) is 0.997. The molecule has 0 spiro atoms. The molecule has 2 unspecified atom stereocenters. The molecule has 2 aliphatic rings. The number of aryl methyl sites for hydroxylation is 1. The van der Waals surface area contributed by atoms with Gasteiger partial charge in [0.1, 0.15) is 5.75 Å². The molecule has 2 aliphatic heterocycles. The number of hydrogen-bond donors (Lipinski definition) is 1. The van der Waals surface area contributed by atoms with Crippen molar-refractivity contribution in [3.63, 3.8) is 0 Å². The summed E-state index contributed by atoms with van der Waals surface area (Å²) in [7, 11) is -2.02. The zero-order valence-corrected chi connectivity index (χ0v) is 27.1. The van der Waals surface area contributed by atoms with E-state index in [0.717, 1.165) is 21.9 Å².